The van der Waals surface area contributed by atoms with Crippen molar-refractivity contribution in [3.8, 4) is 0 Å². The zero-order valence-electron chi connectivity index (χ0n) is 11.5. The minimum Gasteiger partial charge on any atom is -0.352 e. The van der Waals surface area contributed by atoms with E-state index in [1.165, 1.54) is 25.7 Å². The van der Waals surface area contributed by atoms with Gasteiger partial charge in [-0.05, 0) is 43.0 Å². The van der Waals surface area contributed by atoms with Crippen LogP contribution in [0.25, 0.3) is 0 Å². The van der Waals surface area contributed by atoms with Crippen LogP contribution in [0.2, 0.25) is 0 Å². The lowest BCUT2D eigenvalue weighted by atomic mass is 10.0. The first kappa shape index (κ1) is 14.1. The second-order valence-corrected chi connectivity index (χ2v) is 5.43. The molecule has 1 aliphatic carbocycles. The molecular formula is C16H24N2O. The second kappa shape index (κ2) is 7.29. The number of carbonyl (C=O) groups excluding carboxylic acids is 1. The van der Waals surface area contributed by atoms with Gasteiger partial charge in [0.25, 0.3) is 5.91 Å². The molecule has 0 unspecified atom stereocenters. The molecule has 3 nitrogen and oxygen atoms in total. The number of nitrogens with two attached hydrogens (primary N) is 1. The van der Waals surface area contributed by atoms with E-state index in [0.717, 1.165) is 36.4 Å². The highest BCUT2D eigenvalue weighted by molar-refractivity contribution is 5.94. The van der Waals surface area contributed by atoms with E-state index in [4.69, 9.17) is 5.73 Å². The summed E-state index contributed by atoms with van der Waals surface area (Å²) in [5.41, 5.74) is 7.41. The van der Waals surface area contributed by atoms with Gasteiger partial charge in [0, 0.05) is 12.1 Å². The third kappa shape index (κ3) is 4.35. The SMILES string of the molecule is NCCc1cccc(C(=O)NCCC2CCCC2)c1. The van der Waals surface area contributed by atoms with E-state index < -0.39 is 0 Å². The predicted molar refractivity (Wildman–Crippen MR) is 78.1 cm³/mol. The predicted octanol–water partition coefficient (Wildman–Crippen LogP) is 2.50. The highest BCUT2D eigenvalue weighted by atomic mass is 16.1. The first-order valence-electron chi connectivity index (χ1n) is 7.37. The fourth-order valence-corrected chi connectivity index (χ4v) is 2.83. The molecule has 2 rings (SSSR count). The Morgan fingerprint density at radius 2 is 2.11 bits per heavy atom. The summed E-state index contributed by atoms with van der Waals surface area (Å²) < 4.78 is 0. The second-order valence-electron chi connectivity index (χ2n) is 5.43. The first-order valence-corrected chi connectivity index (χ1v) is 7.37. The number of benzene rings is 1. The van der Waals surface area contributed by atoms with Gasteiger partial charge in [-0.25, -0.2) is 0 Å². The van der Waals surface area contributed by atoms with Gasteiger partial charge in [0.1, 0.15) is 0 Å². The molecule has 0 bridgehead atoms. The molecule has 1 fully saturated rings. The topological polar surface area (TPSA) is 55.1 Å². The van der Waals surface area contributed by atoms with Gasteiger partial charge in [-0.15, -0.1) is 0 Å². The normalized spacial score (nSPS) is 15.6. The highest BCUT2D eigenvalue weighted by Gasteiger charge is 2.15. The van der Waals surface area contributed by atoms with Gasteiger partial charge in [-0.3, -0.25) is 4.79 Å². The summed E-state index contributed by atoms with van der Waals surface area (Å²) in [5, 5.41) is 3.02. The number of amides is 1. The average molecular weight is 260 g/mol. The van der Waals surface area contributed by atoms with Crippen LogP contribution >= 0.6 is 0 Å². The number of carbonyl (C=O) groups is 1. The molecule has 1 aromatic carbocycles. The monoisotopic (exact) mass is 260 g/mol. The van der Waals surface area contributed by atoms with Crippen LogP contribution in [0, 0.1) is 5.92 Å². The molecule has 3 N–H and O–H groups in total. The standard InChI is InChI=1S/C16H24N2O/c17-10-8-14-6-3-7-15(12-14)16(19)18-11-9-13-4-1-2-5-13/h3,6-7,12-13H,1-2,4-5,8-11,17H2,(H,18,19). The number of hydrogen-bond donors (Lipinski definition) is 2. The minimum absolute atomic E-state index is 0.0388. The number of nitrogens with one attached hydrogen (secondary N) is 1. The maximum atomic E-state index is 12.0. The Morgan fingerprint density at radius 1 is 1.32 bits per heavy atom. The first-order chi connectivity index (χ1) is 9.29. The molecule has 1 saturated carbocycles. The van der Waals surface area contributed by atoms with Crippen LogP contribution < -0.4 is 11.1 Å². The van der Waals surface area contributed by atoms with Gasteiger partial charge in [-0.2, -0.15) is 0 Å². The maximum Gasteiger partial charge on any atom is 0.251 e. The van der Waals surface area contributed by atoms with Crippen LogP contribution in [0.4, 0.5) is 0 Å². The van der Waals surface area contributed by atoms with Gasteiger partial charge in [0.05, 0.1) is 0 Å². The lowest BCUT2D eigenvalue weighted by Gasteiger charge is -2.10. The van der Waals surface area contributed by atoms with Crippen molar-refractivity contribution in [1.82, 2.24) is 5.32 Å². The molecule has 0 aliphatic heterocycles. The van der Waals surface area contributed by atoms with Crippen molar-refractivity contribution in [2.75, 3.05) is 13.1 Å². The molecule has 0 heterocycles. The van der Waals surface area contributed by atoms with Crippen LogP contribution in [0.15, 0.2) is 24.3 Å². The summed E-state index contributed by atoms with van der Waals surface area (Å²) in [7, 11) is 0. The lowest BCUT2D eigenvalue weighted by Crippen LogP contribution is -2.25. The summed E-state index contributed by atoms with van der Waals surface area (Å²) in [6, 6.07) is 7.75. The Balaban J connectivity index is 1.79. The smallest absolute Gasteiger partial charge is 0.251 e. The van der Waals surface area contributed by atoms with Crippen LogP contribution in [-0.2, 0) is 6.42 Å². The Bertz CT molecular complexity index is 411. The summed E-state index contributed by atoms with van der Waals surface area (Å²) in [6.45, 7) is 1.41. The fraction of sp³-hybridized carbons (Fsp3) is 0.562. The van der Waals surface area contributed by atoms with Gasteiger partial charge in [0.15, 0.2) is 0 Å². The van der Waals surface area contributed by atoms with Crippen LogP contribution in [0.5, 0.6) is 0 Å². The summed E-state index contributed by atoms with van der Waals surface area (Å²) in [6.07, 6.45) is 7.33. The summed E-state index contributed by atoms with van der Waals surface area (Å²) >= 11 is 0. The summed E-state index contributed by atoms with van der Waals surface area (Å²) in [5.74, 6) is 0.862. The van der Waals surface area contributed by atoms with E-state index in [-0.39, 0.29) is 5.91 Å². The number of hydrogen-bond acceptors (Lipinski definition) is 2. The Morgan fingerprint density at radius 3 is 2.84 bits per heavy atom. The molecule has 0 saturated heterocycles. The molecule has 1 amide bonds. The molecule has 19 heavy (non-hydrogen) atoms. The maximum absolute atomic E-state index is 12.0. The van der Waals surface area contributed by atoms with Crippen LogP contribution in [0.3, 0.4) is 0 Å². The highest BCUT2D eigenvalue weighted by Crippen LogP contribution is 2.26. The summed E-state index contributed by atoms with van der Waals surface area (Å²) in [4.78, 5) is 12.0. The largest absolute Gasteiger partial charge is 0.352 e. The van der Waals surface area contributed by atoms with E-state index in [0.29, 0.717) is 6.54 Å². The number of rotatable bonds is 6. The zero-order valence-corrected chi connectivity index (χ0v) is 11.5. The Hall–Kier alpha value is -1.35. The van der Waals surface area contributed by atoms with Gasteiger partial charge < -0.3 is 11.1 Å². The van der Waals surface area contributed by atoms with Crippen molar-refractivity contribution in [1.29, 1.82) is 0 Å². The molecule has 1 aromatic rings. The van der Waals surface area contributed by atoms with E-state index in [2.05, 4.69) is 5.32 Å². The molecule has 0 aromatic heterocycles. The third-order valence-corrected chi connectivity index (χ3v) is 3.94. The zero-order chi connectivity index (χ0) is 13.5. The molecule has 0 radical (unpaired) electrons. The van der Waals surface area contributed by atoms with E-state index >= 15 is 0 Å². The molecule has 0 atom stereocenters. The van der Waals surface area contributed by atoms with Crippen molar-refractivity contribution in [2.24, 2.45) is 11.7 Å². The van der Waals surface area contributed by atoms with E-state index in [9.17, 15) is 4.79 Å². The lowest BCUT2D eigenvalue weighted by molar-refractivity contribution is 0.0951. The van der Waals surface area contributed by atoms with Gasteiger partial charge >= 0.3 is 0 Å². The Kier molecular flexibility index (Phi) is 5.40. The van der Waals surface area contributed by atoms with Crippen molar-refractivity contribution >= 4 is 5.91 Å². The van der Waals surface area contributed by atoms with Crippen molar-refractivity contribution in [2.45, 2.75) is 38.5 Å². The van der Waals surface area contributed by atoms with Crippen molar-refractivity contribution < 1.29 is 4.79 Å². The average Bonchev–Trinajstić information content (AvgIpc) is 2.92. The van der Waals surface area contributed by atoms with E-state index in [1.54, 1.807) is 0 Å². The fourth-order valence-electron chi connectivity index (χ4n) is 2.83. The molecular weight excluding hydrogens is 236 g/mol. The minimum atomic E-state index is 0.0388. The molecule has 104 valence electrons. The van der Waals surface area contributed by atoms with Gasteiger partial charge in [0.2, 0.25) is 0 Å². The van der Waals surface area contributed by atoms with Gasteiger partial charge in [-0.1, -0.05) is 37.8 Å². The van der Waals surface area contributed by atoms with Crippen LogP contribution in [-0.4, -0.2) is 19.0 Å². The van der Waals surface area contributed by atoms with Crippen LogP contribution in [0.1, 0.15) is 48.0 Å². The van der Waals surface area contributed by atoms with E-state index in [1.807, 2.05) is 24.3 Å². The molecule has 1 aliphatic rings. The third-order valence-electron chi connectivity index (χ3n) is 3.94. The quantitative estimate of drug-likeness (QED) is 0.825. The van der Waals surface area contributed by atoms with Crippen molar-refractivity contribution in [3.63, 3.8) is 0 Å². The molecule has 3 heteroatoms. The molecule has 0 spiro atoms. The Labute approximate surface area is 115 Å². The van der Waals surface area contributed by atoms with Crippen molar-refractivity contribution in [3.05, 3.63) is 35.4 Å².